The van der Waals surface area contributed by atoms with Crippen LogP contribution in [0.5, 0.6) is 5.75 Å². The number of ether oxygens (including phenoxy) is 1. The highest BCUT2D eigenvalue weighted by molar-refractivity contribution is 5.95. The number of hydrogen-bond acceptors (Lipinski definition) is 4. The molecule has 5 nitrogen and oxygen atoms in total. The largest absolute Gasteiger partial charge is 0.461 e. The zero-order chi connectivity index (χ0) is 22.8. The Kier molecular flexibility index (Phi) is 5.79. The second-order valence-corrected chi connectivity index (χ2v) is 8.11. The van der Waals surface area contributed by atoms with Crippen LogP contribution >= 0.6 is 0 Å². The van der Waals surface area contributed by atoms with E-state index in [1.165, 1.54) is 24.3 Å². The molecule has 2 heterocycles. The van der Waals surface area contributed by atoms with E-state index in [0.29, 0.717) is 37.5 Å². The number of fused-ring (bicyclic) bond motifs is 1. The number of nitrogens with zero attached hydrogens (tertiary/aromatic N) is 2. The molecule has 0 aromatic heterocycles. The third-order valence-corrected chi connectivity index (χ3v) is 6.07. The van der Waals surface area contributed by atoms with Crippen molar-refractivity contribution in [2.75, 3.05) is 31.5 Å². The summed E-state index contributed by atoms with van der Waals surface area (Å²) in [6.07, 6.45) is 3.24. The van der Waals surface area contributed by atoms with Gasteiger partial charge in [0, 0.05) is 37.9 Å². The van der Waals surface area contributed by atoms with Gasteiger partial charge in [-0.2, -0.15) is 0 Å². The summed E-state index contributed by atoms with van der Waals surface area (Å²) in [4.78, 5) is 17.2. The summed E-state index contributed by atoms with van der Waals surface area (Å²) in [5.41, 5.74) is 3.21. The van der Waals surface area contributed by atoms with E-state index in [-0.39, 0.29) is 23.6 Å². The minimum absolute atomic E-state index is 0.0334. The first kappa shape index (κ1) is 21.2. The van der Waals surface area contributed by atoms with Crippen LogP contribution in [-0.2, 0) is 0 Å². The van der Waals surface area contributed by atoms with Crippen molar-refractivity contribution in [1.82, 2.24) is 9.80 Å². The summed E-state index contributed by atoms with van der Waals surface area (Å²) >= 11 is 0. The number of benzene rings is 3. The van der Waals surface area contributed by atoms with Crippen molar-refractivity contribution in [2.24, 2.45) is 0 Å². The first-order valence-electron chi connectivity index (χ1n) is 10.8. The van der Waals surface area contributed by atoms with Gasteiger partial charge in [-0.3, -0.25) is 9.69 Å². The molecule has 0 unspecified atom stereocenters. The Bertz CT molecular complexity index is 1130. The lowest BCUT2D eigenvalue weighted by Crippen LogP contribution is -2.49. The maximum atomic E-state index is 13.5. The maximum absolute atomic E-state index is 13.5. The first-order chi connectivity index (χ1) is 16.1. The highest BCUT2D eigenvalue weighted by atomic mass is 19.1. The summed E-state index contributed by atoms with van der Waals surface area (Å²) in [5, 5.41) is 3.09. The van der Waals surface area contributed by atoms with E-state index in [4.69, 9.17) is 4.74 Å². The maximum Gasteiger partial charge on any atom is 0.254 e. The normalized spacial score (nSPS) is 15.7. The van der Waals surface area contributed by atoms with Gasteiger partial charge in [0.15, 0.2) is 0 Å². The molecule has 3 aromatic rings. The smallest absolute Gasteiger partial charge is 0.254 e. The third-order valence-electron chi connectivity index (χ3n) is 6.07. The monoisotopic (exact) mass is 447 g/mol. The lowest BCUT2D eigenvalue weighted by atomic mass is 9.96. The van der Waals surface area contributed by atoms with Crippen molar-refractivity contribution in [3.05, 3.63) is 108 Å². The van der Waals surface area contributed by atoms with Gasteiger partial charge in [-0.15, -0.1) is 0 Å². The molecule has 0 atom stereocenters. The van der Waals surface area contributed by atoms with E-state index in [9.17, 15) is 13.6 Å². The van der Waals surface area contributed by atoms with Crippen molar-refractivity contribution in [2.45, 2.75) is 6.04 Å². The van der Waals surface area contributed by atoms with Crippen LogP contribution in [0, 0.1) is 11.6 Å². The molecule has 0 spiro atoms. The number of piperazine rings is 1. The number of anilines is 1. The standard InChI is InChI=1S/C26H23F2N3O2/c27-21-6-1-18(2-7-21)25(19-3-8-22(28)9-4-19)30-12-14-31(15-13-30)26(32)20-5-10-24-23(17-20)29-11-16-33-24/h1-11,16-17,25,29H,12-15H2. The predicted octanol–water partition coefficient (Wildman–Crippen LogP) is 4.79. The summed E-state index contributed by atoms with van der Waals surface area (Å²) in [5.74, 6) is 0.0501. The fourth-order valence-corrected chi connectivity index (χ4v) is 4.38. The third kappa shape index (κ3) is 4.45. The van der Waals surface area contributed by atoms with Gasteiger partial charge in [-0.1, -0.05) is 24.3 Å². The highest BCUT2D eigenvalue weighted by Crippen LogP contribution is 2.31. The average molecular weight is 447 g/mol. The lowest BCUT2D eigenvalue weighted by molar-refractivity contribution is 0.0597. The molecule has 33 heavy (non-hydrogen) atoms. The fourth-order valence-electron chi connectivity index (χ4n) is 4.38. The van der Waals surface area contributed by atoms with Crippen LogP contribution in [0.25, 0.3) is 0 Å². The second-order valence-electron chi connectivity index (χ2n) is 8.11. The van der Waals surface area contributed by atoms with Gasteiger partial charge in [0.25, 0.3) is 5.91 Å². The van der Waals surface area contributed by atoms with Gasteiger partial charge >= 0.3 is 0 Å². The number of hydrogen-bond donors (Lipinski definition) is 1. The Balaban J connectivity index is 1.33. The average Bonchev–Trinajstić information content (AvgIpc) is 2.86. The van der Waals surface area contributed by atoms with Crippen LogP contribution < -0.4 is 10.1 Å². The molecule has 1 saturated heterocycles. The Hall–Kier alpha value is -3.71. The van der Waals surface area contributed by atoms with Gasteiger partial charge < -0.3 is 15.0 Å². The van der Waals surface area contributed by atoms with E-state index < -0.39 is 0 Å². The Labute approximate surface area is 190 Å². The molecule has 1 N–H and O–H groups in total. The Morgan fingerprint density at radius 1 is 0.848 bits per heavy atom. The van der Waals surface area contributed by atoms with Gasteiger partial charge in [0.1, 0.15) is 23.6 Å². The second kappa shape index (κ2) is 9.03. The zero-order valence-corrected chi connectivity index (χ0v) is 17.9. The molecule has 3 aromatic carbocycles. The zero-order valence-electron chi connectivity index (χ0n) is 17.9. The van der Waals surface area contributed by atoms with Gasteiger partial charge in [0.05, 0.1) is 11.7 Å². The van der Waals surface area contributed by atoms with E-state index >= 15 is 0 Å². The molecule has 5 rings (SSSR count). The van der Waals surface area contributed by atoms with Crippen molar-refractivity contribution >= 4 is 11.6 Å². The Morgan fingerprint density at radius 2 is 1.45 bits per heavy atom. The lowest BCUT2D eigenvalue weighted by Gasteiger charge is -2.40. The molecule has 7 heteroatoms. The van der Waals surface area contributed by atoms with E-state index in [1.54, 1.807) is 54.9 Å². The van der Waals surface area contributed by atoms with E-state index in [1.807, 2.05) is 4.90 Å². The topological polar surface area (TPSA) is 44.8 Å². The molecule has 1 amide bonds. The number of amides is 1. The van der Waals surface area contributed by atoms with Gasteiger partial charge in [-0.25, -0.2) is 8.78 Å². The van der Waals surface area contributed by atoms with Crippen LogP contribution in [-0.4, -0.2) is 41.9 Å². The van der Waals surface area contributed by atoms with Crippen LogP contribution in [0.2, 0.25) is 0 Å². The quantitative estimate of drug-likeness (QED) is 0.625. The molecule has 2 aliphatic heterocycles. The van der Waals surface area contributed by atoms with Crippen molar-refractivity contribution in [3.63, 3.8) is 0 Å². The first-order valence-corrected chi connectivity index (χ1v) is 10.8. The summed E-state index contributed by atoms with van der Waals surface area (Å²) in [6.45, 7) is 2.39. The summed E-state index contributed by atoms with van der Waals surface area (Å²) in [6, 6.07) is 18.0. The predicted molar refractivity (Wildman–Crippen MR) is 122 cm³/mol. The minimum atomic E-state index is -0.299. The molecule has 1 fully saturated rings. The number of carbonyl (C=O) groups excluding carboxylic acids is 1. The molecule has 2 aliphatic rings. The number of carbonyl (C=O) groups is 1. The number of halogens is 2. The van der Waals surface area contributed by atoms with Crippen molar-refractivity contribution in [3.8, 4) is 5.75 Å². The summed E-state index contributed by atoms with van der Waals surface area (Å²) in [7, 11) is 0. The number of nitrogens with one attached hydrogen (secondary N) is 1. The van der Waals surface area contributed by atoms with Crippen LogP contribution in [0.3, 0.4) is 0 Å². The SMILES string of the molecule is O=C(c1ccc2c(c1)NC=CO2)N1CCN(C(c2ccc(F)cc2)c2ccc(F)cc2)CC1. The van der Waals surface area contributed by atoms with Crippen LogP contribution in [0.4, 0.5) is 14.5 Å². The van der Waals surface area contributed by atoms with Crippen LogP contribution in [0.1, 0.15) is 27.5 Å². The molecule has 0 bridgehead atoms. The molecule has 0 radical (unpaired) electrons. The molecule has 0 saturated carbocycles. The molecule has 0 aliphatic carbocycles. The number of rotatable bonds is 4. The molecule has 168 valence electrons. The molecular formula is C26H23F2N3O2. The summed E-state index contributed by atoms with van der Waals surface area (Å²) < 4.78 is 32.5. The fraction of sp³-hybridized carbons (Fsp3) is 0.192. The van der Waals surface area contributed by atoms with Crippen molar-refractivity contribution < 1.29 is 18.3 Å². The van der Waals surface area contributed by atoms with Crippen LogP contribution in [0.15, 0.2) is 79.2 Å². The van der Waals surface area contributed by atoms with E-state index in [0.717, 1.165) is 16.8 Å². The van der Waals surface area contributed by atoms with Crippen molar-refractivity contribution in [1.29, 1.82) is 0 Å². The highest BCUT2D eigenvalue weighted by Gasteiger charge is 2.29. The van der Waals surface area contributed by atoms with E-state index in [2.05, 4.69) is 10.2 Å². The van der Waals surface area contributed by atoms with Gasteiger partial charge in [-0.05, 0) is 53.6 Å². The molecular weight excluding hydrogens is 424 g/mol. The van der Waals surface area contributed by atoms with Gasteiger partial charge in [0.2, 0.25) is 0 Å². The minimum Gasteiger partial charge on any atom is -0.461 e. The Morgan fingerprint density at radius 3 is 2.06 bits per heavy atom.